The van der Waals surface area contributed by atoms with E-state index in [1.165, 1.54) is 0 Å². The van der Waals surface area contributed by atoms with E-state index in [0.29, 0.717) is 23.1 Å². The van der Waals surface area contributed by atoms with Gasteiger partial charge in [-0.2, -0.15) is 0 Å². The lowest BCUT2D eigenvalue weighted by Gasteiger charge is -2.28. The molecule has 5 heteroatoms. The summed E-state index contributed by atoms with van der Waals surface area (Å²) < 4.78 is 10.9. The van der Waals surface area contributed by atoms with Crippen molar-refractivity contribution >= 4 is 11.6 Å². The van der Waals surface area contributed by atoms with E-state index in [-0.39, 0.29) is 5.41 Å². The van der Waals surface area contributed by atoms with E-state index in [1.54, 1.807) is 7.11 Å². The molecule has 0 aliphatic heterocycles. The second-order valence-corrected chi connectivity index (χ2v) is 6.95. The Balaban J connectivity index is 2.70. The number of nitrogens with zero attached hydrogens (tertiary/aromatic N) is 1. The van der Waals surface area contributed by atoms with Gasteiger partial charge in [0.05, 0.1) is 18.7 Å². The van der Waals surface area contributed by atoms with Crippen LogP contribution in [0.5, 0.6) is 11.5 Å². The van der Waals surface area contributed by atoms with Crippen LogP contribution >= 0.6 is 11.6 Å². The lowest BCUT2D eigenvalue weighted by Crippen LogP contribution is -2.37. The number of hydrogen-bond donors (Lipinski definition) is 1. The van der Waals surface area contributed by atoms with Crippen LogP contribution in [0.1, 0.15) is 26.3 Å². The Hall–Kier alpha value is -0.970. The summed E-state index contributed by atoms with van der Waals surface area (Å²) in [6, 6.07) is 3.91. The lowest BCUT2D eigenvalue weighted by atomic mass is 9.93. The quantitative estimate of drug-likeness (QED) is 0.753. The van der Waals surface area contributed by atoms with Gasteiger partial charge in [0.1, 0.15) is 0 Å². The van der Waals surface area contributed by atoms with Crippen LogP contribution in [0, 0.1) is 5.41 Å². The molecular weight excluding hydrogens is 300 g/mol. The Morgan fingerprint density at radius 3 is 2.50 bits per heavy atom. The van der Waals surface area contributed by atoms with Crippen molar-refractivity contribution in [3.05, 3.63) is 22.7 Å². The van der Waals surface area contributed by atoms with E-state index in [0.717, 1.165) is 25.2 Å². The lowest BCUT2D eigenvalue weighted by molar-refractivity contribution is 0.232. The molecule has 0 heterocycles. The summed E-state index contributed by atoms with van der Waals surface area (Å²) in [5.74, 6) is 1.29. The molecule has 1 aromatic carbocycles. The highest BCUT2D eigenvalue weighted by molar-refractivity contribution is 6.32. The van der Waals surface area contributed by atoms with Crippen LogP contribution in [0.25, 0.3) is 0 Å². The molecule has 0 amide bonds. The van der Waals surface area contributed by atoms with Crippen LogP contribution in [0.4, 0.5) is 0 Å². The Labute approximate surface area is 139 Å². The van der Waals surface area contributed by atoms with Crippen LogP contribution in [0.2, 0.25) is 5.02 Å². The number of rotatable bonds is 9. The molecule has 0 aliphatic carbocycles. The number of benzene rings is 1. The molecule has 22 heavy (non-hydrogen) atoms. The van der Waals surface area contributed by atoms with Gasteiger partial charge in [0, 0.05) is 19.6 Å². The maximum atomic E-state index is 6.27. The molecule has 0 fully saturated rings. The fourth-order valence-electron chi connectivity index (χ4n) is 2.64. The number of ether oxygens (including phenoxy) is 2. The van der Waals surface area contributed by atoms with Crippen LogP contribution in [0.3, 0.4) is 0 Å². The van der Waals surface area contributed by atoms with Crippen LogP contribution in [0.15, 0.2) is 12.1 Å². The molecule has 0 atom stereocenters. The number of nitrogens with one attached hydrogen (secondary N) is 1. The molecule has 0 spiro atoms. The average molecular weight is 329 g/mol. The van der Waals surface area contributed by atoms with Crippen LogP contribution in [-0.4, -0.2) is 45.8 Å². The molecule has 4 nitrogen and oxygen atoms in total. The predicted octanol–water partition coefficient (Wildman–Crippen LogP) is 3.42. The SMILES string of the molecule is CCOc1cc(CNCC(C)(C)CN(C)C)cc(Cl)c1OC. The zero-order chi connectivity index (χ0) is 16.8. The molecule has 1 rings (SSSR count). The Morgan fingerprint density at radius 2 is 1.95 bits per heavy atom. The number of hydrogen-bond acceptors (Lipinski definition) is 4. The van der Waals surface area contributed by atoms with E-state index in [2.05, 4.69) is 38.2 Å². The van der Waals surface area contributed by atoms with Crippen molar-refractivity contribution in [1.82, 2.24) is 10.2 Å². The van der Waals surface area contributed by atoms with Crippen molar-refractivity contribution in [2.24, 2.45) is 5.41 Å². The van der Waals surface area contributed by atoms with E-state index >= 15 is 0 Å². The van der Waals surface area contributed by atoms with Crippen molar-refractivity contribution in [2.45, 2.75) is 27.3 Å². The van der Waals surface area contributed by atoms with Crippen molar-refractivity contribution < 1.29 is 9.47 Å². The van der Waals surface area contributed by atoms with Gasteiger partial charge < -0.3 is 19.7 Å². The number of methoxy groups -OCH3 is 1. The highest BCUT2D eigenvalue weighted by atomic mass is 35.5. The molecule has 0 radical (unpaired) electrons. The third-order valence-electron chi connectivity index (χ3n) is 3.25. The normalized spacial score (nSPS) is 11.8. The summed E-state index contributed by atoms with van der Waals surface area (Å²) in [5, 5.41) is 4.08. The second kappa shape index (κ2) is 8.61. The minimum absolute atomic E-state index is 0.211. The van der Waals surface area contributed by atoms with Crippen molar-refractivity contribution in [3.63, 3.8) is 0 Å². The van der Waals surface area contributed by atoms with E-state index in [9.17, 15) is 0 Å². The molecule has 1 aromatic rings. The summed E-state index contributed by atoms with van der Waals surface area (Å²) >= 11 is 6.27. The van der Waals surface area contributed by atoms with Gasteiger partial charge in [0.25, 0.3) is 0 Å². The van der Waals surface area contributed by atoms with Crippen molar-refractivity contribution in [2.75, 3.05) is 40.9 Å². The minimum atomic E-state index is 0.211. The molecular formula is C17H29ClN2O2. The largest absolute Gasteiger partial charge is 0.491 e. The van der Waals surface area contributed by atoms with E-state index in [4.69, 9.17) is 21.1 Å². The minimum Gasteiger partial charge on any atom is -0.491 e. The average Bonchev–Trinajstić information content (AvgIpc) is 2.37. The molecule has 0 aliphatic rings. The van der Waals surface area contributed by atoms with Crippen molar-refractivity contribution in [1.29, 1.82) is 0 Å². The third-order valence-corrected chi connectivity index (χ3v) is 3.53. The summed E-state index contributed by atoms with van der Waals surface area (Å²) in [5.41, 5.74) is 1.30. The summed E-state index contributed by atoms with van der Waals surface area (Å²) in [4.78, 5) is 2.21. The standard InChI is InChI=1S/C17H29ClN2O2/c1-7-22-15-9-13(8-14(18)16(15)21-6)10-19-11-17(2,3)12-20(4)5/h8-9,19H,7,10-12H2,1-6H3. The first kappa shape index (κ1) is 19.1. The van der Waals surface area contributed by atoms with Gasteiger partial charge in [0.15, 0.2) is 11.5 Å². The predicted molar refractivity (Wildman–Crippen MR) is 93.2 cm³/mol. The van der Waals surface area contributed by atoms with Crippen LogP contribution < -0.4 is 14.8 Å². The van der Waals surface area contributed by atoms with Gasteiger partial charge in [-0.15, -0.1) is 0 Å². The molecule has 126 valence electrons. The molecule has 0 unspecified atom stereocenters. The van der Waals surface area contributed by atoms with Crippen LogP contribution in [-0.2, 0) is 6.54 Å². The van der Waals surface area contributed by atoms with E-state index < -0.39 is 0 Å². The molecule has 1 N–H and O–H groups in total. The maximum absolute atomic E-state index is 6.27. The van der Waals surface area contributed by atoms with Gasteiger partial charge in [-0.1, -0.05) is 25.4 Å². The fraction of sp³-hybridized carbons (Fsp3) is 0.647. The Kier molecular flexibility index (Phi) is 7.46. The topological polar surface area (TPSA) is 33.7 Å². The second-order valence-electron chi connectivity index (χ2n) is 6.55. The summed E-state index contributed by atoms with van der Waals surface area (Å²) in [7, 11) is 5.80. The zero-order valence-electron chi connectivity index (χ0n) is 14.6. The van der Waals surface area contributed by atoms with Crippen molar-refractivity contribution in [3.8, 4) is 11.5 Å². The highest BCUT2D eigenvalue weighted by Gasteiger charge is 2.18. The smallest absolute Gasteiger partial charge is 0.179 e. The van der Waals surface area contributed by atoms with E-state index in [1.807, 2.05) is 19.1 Å². The van der Waals surface area contributed by atoms with Gasteiger partial charge in [-0.25, -0.2) is 0 Å². The van der Waals surface area contributed by atoms with Gasteiger partial charge in [0.2, 0.25) is 0 Å². The molecule has 0 aromatic heterocycles. The monoisotopic (exact) mass is 328 g/mol. The Bertz CT molecular complexity index is 476. The molecule has 0 bridgehead atoms. The first-order valence-electron chi connectivity index (χ1n) is 7.63. The van der Waals surface area contributed by atoms with Gasteiger partial charge in [-0.05, 0) is 44.1 Å². The Morgan fingerprint density at radius 1 is 1.27 bits per heavy atom. The first-order valence-corrected chi connectivity index (χ1v) is 8.01. The number of halogens is 1. The van der Waals surface area contributed by atoms with Gasteiger partial charge in [-0.3, -0.25) is 0 Å². The zero-order valence-corrected chi connectivity index (χ0v) is 15.4. The third kappa shape index (κ3) is 6.03. The van der Waals surface area contributed by atoms with Gasteiger partial charge >= 0.3 is 0 Å². The fourth-order valence-corrected chi connectivity index (χ4v) is 2.95. The highest BCUT2D eigenvalue weighted by Crippen LogP contribution is 2.36. The summed E-state index contributed by atoms with van der Waals surface area (Å²) in [6.45, 7) is 9.76. The maximum Gasteiger partial charge on any atom is 0.179 e. The molecule has 0 saturated heterocycles. The first-order chi connectivity index (χ1) is 10.3. The molecule has 0 saturated carbocycles. The summed E-state index contributed by atoms with van der Waals surface area (Å²) in [6.07, 6.45) is 0.